The van der Waals surface area contributed by atoms with Crippen molar-refractivity contribution in [3.63, 3.8) is 0 Å². The van der Waals surface area contributed by atoms with Gasteiger partial charge in [0, 0.05) is 24.8 Å². The van der Waals surface area contributed by atoms with Crippen molar-refractivity contribution >= 4 is 17.7 Å². The number of nitrogens with zero attached hydrogens (tertiary/aromatic N) is 2. The molecular weight excluding hydrogens is 256 g/mol. The fourth-order valence-electron chi connectivity index (χ4n) is 2.19. The lowest BCUT2D eigenvalue weighted by Gasteiger charge is -2.33. The molecule has 1 atom stereocenters. The van der Waals surface area contributed by atoms with E-state index in [0.29, 0.717) is 13.1 Å². The number of hydrogen-bond acceptors (Lipinski definition) is 2. The highest BCUT2D eigenvalue weighted by atomic mass is 16.4. The molecule has 0 bridgehead atoms. The molecule has 1 rings (SSSR count). The molecular formula is C15H22N2O3. The Balaban J connectivity index is 2.91. The molecule has 2 amide bonds. The summed E-state index contributed by atoms with van der Waals surface area (Å²) >= 11 is 0. The molecule has 1 aromatic rings. The monoisotopic (exact) mass is 278 g/mol. The minimum atomic E-state index is -0.897. The number of carbonyl (C=O) groups is 2. The first-order chi connectivity index (χ1) is 9.51. The number of hydrogen-bond donors (Lipinski definition) is 1. The summed E-state index contributed by atoms with van der Waals surface area (Å²) in [5, 5.41) is 8.87. The average molecular weight is 278 g/mol. The molecule has 0 aliphatic carbocycles. The lowest BCUT2D eigenvalue weighted by atomic mass is 10.2. The third kappa shape index (κ3) is 3.98. The standard InChI is InChI=1S/C15H22N2O3/c1-4-16(12(3)11-14(18)19)15(20)17(5-2)13-9-7-6-8-10-13/h6-10,12H,4-5,11H2,1-3H3,(H,18,19). The molecule has 5 nitrogen and oxygen atoms in total. The fraction of sp³-hybridized carbons (Fsp3) is 0.467. The number of carboxylic acid groups (broad SMARTS) is 1. The van der Waals surface area contributed by atoms with Crippen LogP contribution in [0.15, 0.2) is 30.3 Å². The van der Waals surface area contributed by atoms with Crippen LogP contribution in [0, 0.1) is 0 Å². The smallest absolute Gasteiger partial charge is 0.324 e. The molecule has 0 aliphatic heterocycles. The summed E-state index contributed by atoms with van der Waals surface area (Å²) in [4.78, 5) is 26.6. The Labute approximate surface area is 119 Å². The molecule has 0 spiro atoms. The number of benzene rings is 1. The lowest BCUT2D eigenvalue weighted by molar-refractivity contribution is -0.138. The predicted molar refractivity (Wildman–Crippen MR) is 79.0 cm³/mol. The minimum Gasteiger partial charge on any atom is -0.481 e. The van der Waals surface area contributed by atoms with Crippen LogP contribution in [0.25, 0.3) is 0 Å². The van der Waals surface area contributed by atoms with Crippen LogP contribution < -0.4 is 4.90 Å². The van der Waals surface area contributed by atoms with E-state index < -0.39 is 5.97 Å². The van der Waals surface area contributed by atoms with E-state index in [-0.39, 0.29) is 18.5 Å². The molecule has 1 unspecified atom stereocenters. The largest absolute Gasteiger partial charge is 0.481 e. The van der Waals surface area contributed by atoms with E-state index in [1.54, 1.807) is 16.7 Å². The van der Waals surface area contributed by atoms with E-state index in [9.17, 15) is 9.59 Å². The summed E-state index contributed by atoms with van der Waals surface area (Å²) in [6.45, 7) is 6.54. The second-order valence-corrected chi connectivity index (χ2v) is 4.60. The Kier molecular flexibility index (Phi) is 6.03. The maximum absolute atomic E-state index is 12.6. The molecule has 0 aromatic heterocycles. The van der Waals surface area contributed by atoms with Crippen LogP contribution in [-0.4, -0.2) is 41.1 Å². The Morgan fingerprint density at radius 2 is 1.75 bits per heavy atom. The number of carboxylic acids is 1. The van der Waals surface area contributed by atoms with Crippen molar-refractivity contribution in [1.82, 2.24) is 4.90 Å². The first-order valence-corrected chi connectivity index (χ1v) is 6.86. The van der Waals surface area contributed by atoms with Crippen molar-refractivity contribution in [2.45, 2.75) is 33.2 Å². The second kappa shape index (κ2) is 7.53. The van der Waals surface area contributed by atoms with Crippen LogP contribution in [0.4, 0.5) is 10.5 Å². The first-order valence-electron chi connectivity index (χ1n) is 6.86. The summed E-state index contributed by atoms with van der Waals surface area (Å²) in [6.07, 6.45) is -0.0497. The van der Waals surface area contributed by atoms with Crippen molar-refractivity contribution in [3.05, 3.63) is 30.3 Å². The maximum Gasteiger partial charge on any atom is 0.324 e. The SMILES string of the molecule is CCN(C(=O)N(CC)C(C)CC(=O)O)c1ccccc1. The number of amides is 2. The molecule has 1 N–H and O–H groups in total. The number of urea groups is 1. The molecule has 0 radical (unpaired) electrons. The third-order valence-corrected chi connectivity index (χ3v) is 3.20. The van der Waals surface area contributed by atoms with Gasteiger partial charge in [0.25, 0.3) is 0 Å². The van der Waals surface area contributed by atoms with E-state index >= 15 is 0 Å². The molecule has 1 aromatic carbocycles. The van der Waals surface area contributed by atoms with E-state index in [0.717, 1.165) is 5.69 Å². The first kappa shape index (κ1) is 16.0. The molecule has 0 saturated carbocycles. The molecule has 0 heterocycles. The molecule has 0 fully saturated rings. The zero-order valence-corrected chi connectivity index (χ0v) is 12.2. The Morgan fingerprint density at radius 3 is 2.20 bits per heavy atom. The van der Waals surface area contributed by atoms with Crippen molar-refractivity contribution in [2.75, 3.05) is 18.0 Å². The van der Waals surface area contributed by atoms with E-state index in [4.69, 9.17) is 5.11 Å². The van der Waals surface area contributed by atoms with Crippen LogP contribution in [0.5, 0.6) is 0 Å². The molecule has 5 heteroatoms. The van der Waals surface area contributed by atoms with Gasteiger partial charge in [-0.05, 0) is 32.9 Å². The zero-order valence-electron chi connectivity index (χ0n) is 12.2. The number of anilines is 1. The highest BCUT2D eigenvalue weighted by Crippen LogP contribution is 2.17. The van der Waals surface area contributed by atoms with E-state index in [1.807, 2.05) is 44.2 Å². The van der Waals surface area contributed by atoms with Gasteiger partial charge in [-0.25, -0.2) is 4.79 Å². The van der Waals surface area contributed by atoms with Gasteiger partial charge < -0.3 is 10.0 Å². The van der Waals surface area contributed by atoms with Crippen LogP contribution in [-0.2, 0) is 4.79 Å². The molecule has 20 heavy (non-hydrogen) atoms. The average Bonchev–Trinajstić information content (AvgIpc) is 2.40. The van der Waals surface area contributed by atoms with Crippen molar-refractivity contribution in [2.24, 2.45) is 0 Å². The normalized spacial score (nSPS) is 11.8. The van der Waals surface area contributed by atoms with Gasteiger partial charge in [0.2, 0.25) is 0 Å². The van der Waals surface area contributed by atoms with Gasteiger partial charge in [0.05, 0.1) is 6.42 Å². The van der Waals surface area contributed by atoms with E-state index in [2.05, 4.69) is 0 Å². The van der Waals surface area contributed by atoms with Crippen LogP contribution in [0.1, 0.15) is 27.2 Å². The highest BCUT2D eigenvalue weighted by Gasteiger charge is 2.25. The van der Waals surface area contributed by atoms with Crippen LogP contribution >= 0.6 is 0 Å². The maximum atomic E-state index is 12.6. The van der Waals surface area contributed by atoms with Gasteiger partial charge in [-0.2, -0.15) is 0 Å². The number of rotatable bonds is 6. The van der Waals surface area contributed by atoms with Crippen molar-refractivity contribution in [3.8, 4) is 0 Å². The fourth-order valence-corrected chi connectivity index (χ4v) is 2.19. The summed E-state index contributed by atoms with van der Waals surface area (Å²) in [5.74, 6) is -0.897. The molecule has 0 saturated heterocycles. The predicted octanol–water partition coefficient (Wildman–Crippen LogP) is 2.82. The van der Waals surface area contributed by atoms with Crippen molar-refractivity contribution in [1.29, 1.82) is 0 Å². The quantitative estimate of drug-likeness (QED) is 0.870. The number of aliphatic carboxylic acids is 1. The topological polar surface area (TPSA) is 60.9 Å². The Hall–Kier alpha value is -2.04. The molecule has 0 aliphatic rings. The Morgan fingerprint density at radius 1 is 1.15 bits per heavy atom. The third-order valence-electron chi connectivity index (χ3n) is 3.20. The van der Waals surface area contributed by atoms with Crippen molar-refractivity contribution < 1.29 is 14.7 Å². The van der Waals surface area contributed by atoms with Crippen LogP contribution in [0.3, 0.4) is 0 Å². The van der Waals surface area contributed by atoms with Crippen LogP contribution in [0.2, 0.25) is 0 Å². The summed E-state index contributed by atoms with van der Waals surface area (Å²) in [5.41, 5.74) is 0.820. The summed E-state index contributed by atoms with van der Waals surface area (Å²) < 4.78 is 0. The van der Waals surface area contributed by atoms with Gasteiger partial charge in [0.15, 0.2) is 0 Å². The summed E-state index contributed by atoms with van der Waals surface area (Å²) in [7, 11) is 0. The number of para-hydroxylation sites is 1. The highest BCUT2D eigenvalue weighted by molar-refractivity contribution is 5.92. The molecule has 110 valence electrons. The van der Waals surface area contributed by atoms with Gasteiger partial charge >= 0.3 is 12.0 Å². The zero-order chi connectivity index (χ0) is 15.1. The minimum absolute atomic E-state index is 0.0497. The van der Waals surface area contributed by atoms with E-state index in [1.165, 1.54) is 0 Å². The van der Waals surface area contributed by atoms with Gasteiger partial charge in [-0.3, -0.25) is 9.69 Å². The van der Waals surface area contributed by atoms with Gasteiger partial charge in [-0.15, -0.1) is 0 Å². The number of carbonyl (C=O) groups excluding carboxylic acids is 1. The van der Waals surface area contributed by atoms with Gasteiger partial charge in [0.1, 0.15) is 0 Å². The lowest BCUT2D eigenvalue weighted by Crippen LogP contribution is -2.48. The van der Waals surface area contributed by atoms with Gasteiger partial charge in [-0.1, -0.05) is 18.2 Å². The Bertz CT molecular complexity index is 448. The second-order valence-electron chi connectivity index (χ2n) is 4.60. The summed E-state index contributed by atoms with van der Waals surface area (Å²) in [6, 6.07) is 8.91.